The molecule has 4 aliphatic heterocycles. The van der Waals surface area contributed by atoms with Crippen LogP contribution in [0.3, 0.4) is 0 Å². The predicted octanol–water partition coefficient (Wildman–Crippen LogP) is 11.9. The van der Waals surface area contributed by atoms with Crippen molar-refractivity contribution in [2.24, 2.45) is 0 Å². The van der Waals surface area contributed by atoms with Gasteiger partial charge in [0.15, 0.2) is 0 Å². The molecule has 6 nitrogen and oxygen atoms in total. The Morgan fingerprint density at radius 3 is 0.481 bits per heavy atom. The smallest absolute Gasteiger partial charge is 0.138 e. The molecule has 0 amide bonds. The van der Waals surface area contributed by atoms with Crippen LogP contribution in [0.5, 0.6) is 0 Å². The van der Waals surface area contributed by atoms with Gasteiger partial charge in [-0.05, 0) is 33.4 Å². The first kappa shape index (κ1) is 34.6. The van der Waals surface area contributed by atoms with Crippen LogP contribution in [0.2, 0.25) is 0 Å². The molecule has 6 aromatic rings. The van der Waals surface area contributed by atoms with E-state index in [0.717, 1.165) is 39.3 Å². The highest BCUT2D eigenvalue weighted by Crippen LogP contribution is 2.96. The number of nitrogens with zero attached hydrogens (tertiary/aromatic N) is 6. The Balaban J connectivity index is 1.25. The van der Waals surface area contributed by atoms with Gasteiger partial charge in [-0.3, -0.25) is 0 Å². The Hall–Kier alpha value is -3.20. The molecular weight excluding hydrogens is 712 g/mol. The summed E-state index contributed by atoms with van der Waals surface area (Å²) in [5.74, 6) is 0. The van der Waals surface area contributed by atoms with Gasteiger partial charge in [-0.15, -0.1) is 0 Å². The lowest BCUT2D eigenvalue weighted by Crippen LogP contribution is -2.56. The fourth-order valence-corrected chi connectivity index (χ4v) is 26.1. The topological polar surface area (TPSA) is 19.4 Å². The zero-order chi connectivity index (χ0) is 34.7. The van der Waals surface area contributed by atoms with E-state index in [9.17, 15) is 0 Å². The molecule has 4 fully saturated rings. The van der Waals surface area contributed by atoms with Gasteiger partial charge in [0.05, 0.1) is 0 Å². The summed E-state index contributed by atoms with van der Waals surface area (Å²) in [6.07, 6.45) is 0. The minimum atomic E-state index is -0.815. The monoisotopic (exact) mass is 754 g/mol. The minimum Gasteiger partial charge on any atom is -0.204 e. The van der Waals surface area contributed by atoms with E-state index in [0.29, 0.717) is 0 Å². The van der Waals surface area contributed by atoms with Crippen molar-refractivity contribution in [3.05, 3.63) is 215 Å². The lowest BCUT2D eigenvalue weighted by Gasteiger charge is -2.73. The van der Waals surface area contributed by atoms with Crippen molar-refractivity contribution in [2.45, 2.75) is 39.3 Å². The van der Waals surface area contributed by atoms with E-state index in [4.69, 9.17) is 0 Å². The van der Waals surface area contributed by atoms with Crippen molar-refractivity contribution in [1.82, 2.24) is 26.6 Å². The van der Waals surface area contributed by atoms with E-state index >= 15 is 0 Å². The first-order valence-electron chi connectivity index (χ1n) is 17.9. The van der Waals surface area contributed by atoms with Gasteiger partial charge in [0.2, 0.25) is 0 Å². The minimum absolute atomic E-state index is 0.815. The highest BCUT2D eigenvalue weighted by molar-refractivity contribution is 7.94. The van der Waals surface area contributed by atoms with E-state index < -0.39 is 33.5 Å². The van der Waals surface area contributed by atoms with Gasteiger partial charge in [0, 0.05) is 39.3 Å². The van der Waals surface area contributed by atoms with Crippen LogP contribution in [0.15, 0.2) is 182 Å². The van der Waals surface area contributed by atoms with Gasteiger partial charge >= 0.3 is 0 Å². The molecule has 4 bridgehead atoms. The summed E-state index contributed by atoms with van der Waals surface area (Å²) in [5.41, 5.74) is 8.25. The van der Waals surface area contributed by atoms with Crippen LogP contribution in [0.25, 0.3) is 0 Å². The Kier molecular flexibility index (Phi) is 10.7. The standard InChI is InChI=1S/C42H42N6P4/c1-7-19-37(20-8-1)31-43-49-44(32-38-21-9-2-10-22-38)51-46(34-40-25-13-4-14-26-40)50(43)47(35-41-27-15-5-16-28-41)52(45(49)33-39-23-11-3-12-24-39)48(51)36-42-29-17-6-18-30-42/h1-30H,31-36H2. The van der Waals surface area contributed by atoms with Crippen molar-refractivity contribution in [3.8, 4) is 0 Å². The maximum Gasteiger partial charge on any atom is 0.138 e. The zero-order valence-corrected chi connectivity index (χ0v) is 32.6. The van der Waals surface area contributed by atoms with E-state index in [1.54, 1.807) is 0 Å². The van der Waals surface area contributed by atoms with E-state index in [2.05, 4.69) is 209 Å². The molecule has 4 heterocycles. The Bertz CT molecular complexity index is 1610. The molecule has 4 aliphatic rings. The zero-order valence-electron chi connectivity index (χ0n) is 29.0. The van der Waals surface area contributed by atoms with Crippen molar-refractivity contribution in [3.63, 3.8) is 0 Å². The summed E-state index contributed by atoms with van der Waals surface area (Å²) in [7, 11) is -3.26. The number of hydrogen-bond donors (Lipinski definition) is 0. The Labute approximate surface area is 313 Å². The summed E-state index contributed by atoms with van der Waals surface area (Å²) in [4.78, 5) is 0. The SMILES string of the molecule is c1ccc(CN2P3N(Cc4ccccc4)P4N(Cc5ccccc5)P2N(Cc2ccccc2)P(N3Cc2ccccc2)N4Cc2ccccc2)cc1. The van der Waals surface area contributed by atoms with E-state index in [1.807, 2.05) is 0 Å². The molecule has 0 saturated carbocycles. The van der Waals surface area contributed by atoms with Crippen LogP contribution in [-0.2, 0) is 39.3 Å². The summed E-state index contributed by atoms with van der Waals surface area (Å²) >= 11 is 0. The summed E-state index contributed by atoms with van der Waals surface area (Å²) in [6.45, 7) is 5.48. The predicted molar refractivity (Wildman–Crippen MR) is 220 cm³/mol. The van der Waals surface area contributed by atoms with Gasteiger partial charge in [-0.1, -0.05) is 182 Å². The van der Waals surface area contributed by atoms with Crippen LogP contribution in [0.1, 0.15) is 33.4 Å². The third-order valence-electron chi connectivity index (χ3n) is 9.48. The van der Waals surface area contributed by atoms with Crippen molar-refractivity contribution < 1.29 is 0 Å². The van der Waals surface area contributed by atoms with Crippen LogP contribution in [0, 0.1) is 0 Å². The van der Waals surface area contributed by atoms with Crippen molar-refractivity contribution in [1.29, 1.82) is 0 Å². The normalized spacial score (nSPS) is 22.6. The molecule has 0 unspecified atom stereocenters. The lowest BCUT2D eigenvalue weighted by atomic mass is 10.2. The van der Waals surface area contributed by atoms with Crippen molar-refractivity contribution >= 4 is 33.5 Å². The molecule has 0 aliphatic carbocycles. The fraction of sp³-hybridized carbons (Fsp3) is 0.143. The third-order valence-corrected chi connectivity index (χ3v) is 21.9. The molecule has 260 valence electrons. The van der Waals surface area contributed by atoms with E-state index in [-0.39, 0.29) is 0 Å². The quantitative estimate of drug-likeness (QED) is 0.115. The van der Waals surface area contributed by atoms with Gasteiger partial charge in [0.1, 0.15) is 33.5 Å². The molecule has 6 aromatic carbocycles. The Morgan fingerprint density at radius 2 is 0.346 bits per heavy atom. The van der Waals surface area contributed by atoms with Crippen LogP contribution >= 0.6 is 33.5 Å². The Morgan fingerprint density at radius 1 is 0.212 bits per heavy atom. The number of hydrogen-bond acceptors (Lipinski definition) is 6. The highest BCUT2D eigenvalue weighted by atomic mass is 31.3. The van der Waals surface area contributed by atoms with Crippen LogP contribution < -0.4 is 0 Å². The third kappa shape index (κ3) is 7.20. The molecule has 10 heteroatoms. The van der Waals surface area contributed by atoms with Crippen molar-refractivity contribution in [2.75, 3.05) is 0 Å². The second-order valence-electron chi connectivity index (χ2n) is 13.2. The molecule has 0 aromatic heterocycles. The van der Waals surface area contributed by atoms with Gasteiger partial charge in [-0.25, -0.2) is 26.6 Å². The molecule has 0 N–H and O–H groups in total. The molecule has 52 heavy (non-hydrogen) atoms. The summed E-state index contributed by atoms with van der Waals surface area (Å²) in [6, 6.07) is 67.2. The van der Waals surface area contributed by atoms with Crippen LogP contribution in [-0.4, -0.2) is 26.6 Å². The molecule has 0 spiro atoms. The van der Waals surface area contributed by atoms with Gasteiger partial charge in [0.25, 0.3) is 0 Å². The second kappa shape index (κ2) is 16.0. The first-order valence-corrected chi connectivity index (χ1v) is 22.7. The maximum absolute atomic E-state index is 2.94. The molecular formula is C42H42N6P4. The average molecular weight is 755 g/mol. The maximum atomic E-state index is 2.94. The van der Waals surface area contributed by atoms with E-state index in [1.165, 1.54) is 33.4 Å². The average Bonchev–Trinajstić information content (AvgIpc) is 3.19. The molecule has 0 atom stereocenters. The summed E-state index contributed by atoms with van der Waals surface area (Å²) < 4.78 is 17.6. The second-order valence-corrected chi connectivity index (χ2v) is 23.0. The van der Waals surface area contributed by atoms with Gasteiger partial charge in [-0.2, -0.15) is 0 Å². The number of benzene rings is 6. The van der Waals surface area contributed by atoms with Crippen LogP contribution in [0.4, 0.5) is 0 Å². The molecule has 10 rings (SSSR count). The largest absolute Gasteiger partial charge is 0.204 e. The molecule has 4 saturated heterocycles. The molecule has 0 radical (unpaired) electrons. The summed E-state index contributed by atoms with van der Waals surface area (Å²) in [5, 5.41) is 0. The fourth-order valence-electron chi connectivity index (χ4n) is 7.10. The van der Waals surface area contributed by atoms with Gasteiger partial charge < -0.3 is 0 Å². The first-order chi connectivity index (χ1) is 25.8. The highest BCUT2D eigenvalue weighted by Gasteiger charge is 2.67. The number of rotatable bonds is 12. The lowest BCUT2D eigenvalue weighted by molar-refractivity contribution is 0.357.